The van der Waals surface area contributed by atoms with Crippen LogP contribution in [0.2, 0.25) is 0 Å². The van der Waals surface area contributed by atoms with Crippen LogP contribution in [0.25, 0.3) is 0 Å². The Labute approximate surface area is 123 Å². The van der Waals surface area contributed by atoms with E-state index >= 15 is 0 Å². The van der Waals surface area contributed by atoms with Gasteiger partial charge in [-0.3, -0.25) is 4.79 Å². The molecule has 0 radical (unpaired) electrons. The number of piperidine rings is 1. The zero-order valence-corrected chi connectivity index (χ0v) is 12.6. The highest BCUT2D eigenvalue weighted by Gasteiger charge is 2.24. The molecule has 0 spiro atoms. The van der Waals surface area contributed by atoms with Crippen molar-refractivity contribution in [1.82, 2.24) is 20.4 Å². The van der Waals surface area contributed by atoms with Gasteiger partial charge >= 0.3 is 6.55 Å². The van der Waals surface area contributed by atoms with Crippen LogP contribution >= 0.6 is 0 Å². The number of hydrogen-bond donors (Lipinski definition) is 2. The molecule has 1 aliphatic rings. The second kappa shape index (κ2) is 6.51. The molecule has 1 fully saturated rings. The van der Waals surface area contributed by atoms with Gasteiger partial charge in [0, 0.05) is 17.3 Å². The number of rotatable bonds is 4. The molecular weight excluding hydrogens is 278 g/mol. The minimum absolute atomic E-state index is 0.0982. The fraction of sp³-hybridized carbons (Fsp3) is 0.714. The predicted molar refractivity (Wildman–Crippen MR) is 75.2 cm³/mol. The number of carbonyl (C=O) groups excluding carboxylic acids is 1. The summed E-state index contributed by atoms with van der Waals surface area (Å²) in [6, 6.07) is 0.143. The number of nitrogens with zero attached hydrogens (tertiary/aromatic N) is 2. The zero-order valence-electron chi connectivity index (χ0n) is 12.6. The topological polar surface area (TPSA) is 59.0 Å². The quantitative estimate of drug-likeness (QED) is 0.887. The minimum atomic E-state index is -2.68. The average molecular weight is 300 g/mol. The van der Waals surface area contributed by atoms with E-state index in [2.05, 4.69) is 22.7 Å². The Bertz CT molecular complexity index is 515. The number of aryl methyl sites for hydroxylation is 1. The summed E-state index contributed by atoms with van der Waals surface area (Å²) >= 11 is 0. The molecule has 1 aromatic heterocycles. The summed E-state index contributed by atoms with van der Waals surface area (Å²) in [7, 11) is 0. The first-order chi connectivity index (χ1) is 9.90. The minimum Gasteiger partial charge on any atom is -0.353 e. The SMILES string of the molecule is Cc1nn(C(F)F)c(C)c1CC(=O)NC1CCNCC1C. The molecule has 1 aromatic rings. The maximum atomic E-state index is 12.8. The molecule has 2 unspecified atom stereocenters. The number of carbonyl (C=O) groups is 1. The standard InChI is InChI=1S/C14H22F2N4O/c1-8-7-17-5-4-12(8)18-13(21)6-11-9(2)19-20(10(11)3)14(15)16/h8,12,14,17H,4-7H2,1-3H3,(H,18,21). The van der Waals surface area contributed by atoms with E-state index in [1.165, 1.54) is 0 Å². The summed E-state index contributed by atoms with van der Waals surface area (Å²) in [6.45, 7) is 4.40. The van der Waals surface area contributed by atoms with Crippen molar-refractivity contribution in [1.29, 1.82) is 0 Å². The fourth-order valence-corrected chi connectivity index (χ4v) is 2.79. The van der Waals surface area contributed by atoms with Crippen molar-refractivity contribution in [2.24, 2.45) is 5.92 Å². The second-order valence-electron chi connectivity index (χ2n) is 5.69. The summed E-state index contributed by atoms with van der Waals surface area (Å²) in [5.41, 5.74) is 1.44. The molecule has 2 N–H and O–H groups in total. The molecule has 0 saturated carbocycles. The predicted octanol–water partition coefficient (Wildman–Crippen LogP) is 1.55. The van der Waals surface area contributed by atoms with Gasteiger partial charge in [-0.1, -0.05) is 6.92 Å². The lowest BCUT2D eigenvalue weighted by atomic mass is 9.95. The van der Waals surface area contributed by atoms with Crippen molar-refractivity contribution < 1.29 is 13.6 Å². The monoisotopic (exact) mass is 300 g/mol. The van der Waals surface area contributed by atoms with Crippen LogP contribution < -0.4 is 10.6 Å². The first kappa shape index (κ1) is 15.9. The van der Waals surface area contributed by atoms with E-state index in [1.807, 2.05) is 0 Å². The van der Waals surface area contributed by atoms with Crippen LogP contribution in [0.15, 0.2) is 0 Å². The smallest absolute Gasteiger partial charge is 0.333 e. The number of alkyl halides is 2. The fourth-order valence-electron chi connectivity index (χ4n) is 2.79. The van der Waals surface area contributed by atoms with E-state index in [4.69, 9.17) is 0 Å². The lowest BCUT2D eigenvalue weighted by molar-refractivity contribution is -0.121. The first-order valence-electron chi connectivity index (χ1n) is 7.23. The van der Waals surface area contributed by atoms with E-state index in [1.54, 1.807) is 13.8 Å². The summed E-state index contributed by atoms with van der Waals surface area (Å²) in [5.74, 6) is 0.238. The zero-order chi connectivity index (χ0) is 15.6. The molecule has 5 nitrogen and oxygen atoms in total. The summed E-state index contributed by atoms with van der Waals surface area (Å²) in [6.07, 6.45) is 0.988. The second-order valence-corrected chi connectivity index (χ2v) is 5.69. The van der Waals surface area contributed by atoms with Crippen molar-refractivity contribution in [3.8, 4) is 0 Å². The number of halogens is 2. The molecule has 0 bridgehead atoms. The highest BCUT2D eigenvalue weighted by Crippen LogP contribution is 2.20. The Balaban J connectivity index is 2.02. The Morgan fingerprint density at radius 2 is 2.24 bits per heavy atom. The Kier molecular flexibility index (Phi) is 4.92. The van der Waals surface area contributed by atoms with Crippen molar-refractivity contribution in [3.05, 3.63) is 17.0 Å². The van der Waals surface area contributed by atoms with Gasteiger partial charge < -0.3 is 10.6 Å². The maximum Gasteiger partial charge on any atom is 0.333 e. The number of aromatic nitrogens is 2. The normalized spacial score (nSPS) is 22.6. The number of hydrogen-bond acceptors (Lipinski definition) is 3. The molecule has 0 aliphatic carbocycles. The third-order valence-corrected chi connectivity index (χ3v) is 4.13. The largest absolute Gasteiger partial charge is 0.353 e. The Hall–Kier alpha value is -1.50. The van der Waals surface area contributed by atoms with E-state index < -0.39 is 6.55 Å². The van der Waals surface area contributed by atoms with Gasteiger partial charge in [-0.2, -0.15) is 13.9 Å². The third kappa shape index (κ3) is 3.58. The van der Waals surface area contributed by atoms with Gasteiger partial charge in [-0.05, 0) is 39.3 Å². The Morgan fingerprint density at radius 3 is 2.81 bits per heavy atom. The number of nitrogens with one attached hydrogen (secondary N) is 2. The lowest BCUT2D eigenvalue weighted by Crippen LogP contribution is -2.48. The van der Waals surface area contributed by atoms with E-state index in [0.29, 0.717) is 27.6 Å². The van der Waals surface area contributed by atoms with E-state index in [0.717, 1.165) is 19.5 Å². The van der Waals surface area contributed by atoms with Crippen LogP contribution in [0.4, 0.5) is 8.78 Å². The molecule has 0 aromatic carbocycles. The van der Waals surface area contributed by atoms with Crippen molar-refractivity contribution >= 4 is 5.91 Å². The molecule has 1 saturated heterocycles. The van der Waals surface area contributed by atoms with Gasteiger partial charge in [0.05, 0.1) is 12.1 Å². The molecule has 1 amide bonds. The molecule has 1 aliphatic heterocycles. The van der Waals surface area contributed by atoms with Crippen LogP contribution in [0.1, 0.15) is 36.8 Å². The molecule has 2 heterocycles. The third-order valence-electron chi connectivity index (χ3n) is 4.13. The van der Waals surface area contributed by atoms with Crippen LogP contribution in [-0.4, -0.2) is 34.8 Å². The van der Waals surface area contributed by atoms with Crippen LogP contribution in [0.5, 0.6) is 0 Å². The van der Waals surface area contributed by atoms with Gasteiger partial charge in [0.25, 0.3) is 0 Å². The highest BCUT2D eigenvalue weighted by atomic mass is 19.3. The van der Waals surface area contributed by atoms with E-state index in [9.17, 15) is 13.6 Å². The van der Waals surface area contributed by atoms with Gasteiger partial charge in [0.15, 0.2) is 0 Å². The highest BCUT2D eigenvalue weighted by molar-refractivity contribution is 5.79. The van der Waals surface area contributed by atoms with Crippen LogP contribution in [-0.2, 0) is 11.2 Å². The van der Waals surface area contributed by atoms with Crippen molar-refractivity contribution in [3.63, 3.8) is 0 Å². The molecular formula is C14H22F2N4O. The van der Waals surface area contributed by atoms with Gasteiger partial charge in [-0.15, -0.1) is 0 Å². The molecule has 118 valence electrons. The van der Waals surface area contributed by atoms with Crippen molar-refractivity contribution in [2.75, 3.05) is 13.1 Å². The average Bonchev–Trinajstić information content (AvgIpc) is 2.69. The lowest BCUT2D eigenvalue weighted by Gasteiger charge is -2.30. The van der Waals surface area contributed by atoms with Gasteiger partial charge in [0.1, 0.15) is 0 Å². The molecule has 21 heavy (non-hydrogen) atoms. The van der Waals surface area contributed by atoms with E-state index in [-0.39, 0.29) is 18.4 Å². The van der Waals surface area contributed by atoms with Gasteiger partial charge in [-0.25, -0.2) is 4.68 Å². The molecule has 2 rings (SSSR count). The summed E-state index contributed by atoms with van der Waals surface area (Å²) in [5, 5.41) is 10.1. The summed E-state index contributed by atoms with van der Waals surface area (Å²) < 4.78 is 26.2. The Morgan fingerprint density at radius 1 is 1.52 bits per heavy atom. The molecule has 7 heteroatoms. The van der Waals surface area contributed by atoms with Crippen LogP contribution in [0.3, 0.4) is 0 Å². The van der Waals surface area contributed by atoms with Crippen LogP contribution in [0, 0.1) is 19.8 Å². The first-order valence-corrected chi connectivity index (χ1v) is 7.23. The maximum absolute atomic E-state index is 12.8. The summed E-state index contributed by atoms with van der Waals surface area (Å²) in [4.78, 5) is 12.2. The number of amides is 1. The van der Waals surface area contributed by atoms with Gasteiger partial charge in [0.2, 0.25) is 5.91 Å². The molecule has 2 atom stereocenters. The van der Waals surface area contributed by atoms with Crippen molar-refractivity contribution in [2.45, 2.75) is 46.2 Å².